The van der Waals surface area contributed by atoms with E-state index in [0.717, 1.165) is 22.7 Å². The SMILES string of the molecule is CCCCC(NC(=O)c1csc(-c2cccs2)n1)C(=O)O. The third-order valence-corrected chi connectivity index (χ3v) is 4.80. The molecule has 2 rings (SSSR count). The van der Waals surface area contributed by atoms with Gasteiger partial charge < -0.3 is 10.4 Å². The summed E-state index contributed by atoms with van der Waals surface area (Å²) in [5.41, 5.74) is 0.270. The largest absolute Gasteiger partial charge is 0.480 e. The Kier molecular flexibility index (Phi) is 5.46. The third-order valence-electron chi connectivity index (χ3n) is 2.92. The zero-order valence-electron chi connectivity index (χ0n) is 11.5. The van der Waals surface area contributed by atoms with E-state index >= 15 is 0 Å². The monoisotopic (exact) mass is 324 g/mol. The molecule has 0 aliphatic carbocycles. The lowest BCUT2D eigenvalue weighted by molar-refractivity contribution is -0.139. The molecule has 0 aliphatic rings. The molecule has 21 heavy (non-hydrogen) atoms. The molecule has 1 unspecified atom stereocenters. The second-order valence-corrected chi connectivity index (χ2v) is 6.33. The quantitative estimate of drug-likeness (QED) is 0.819. The highest BCUT2D eigenvalue weighted by molar-refractivity contribution is 7.20. The fourth-order valence-electron chi connectivity index (χ4n) is 1.79. The first-order valence-corrected chi connectivity index (χ1v) is 8.40. The molecule has 2 N–H and O–H groups in total. The highest BCUT2D eigenvalue weighted by atomic mass is 32.1. The molecule has 0 saturated carbocycles. The molecule has 0 bridgehead atoms. The normalized spacial score (nSPS) is 12.0. The van der Waals surface area contributed by atoms with Crippen LogP contribution in [-0.4, -0.2) is 28.0 Å². The molecular weight excluding hydrogens is 308 g/mol. The predicted octanol–water partition coefficient (Wildman–Crippen LogP) is 3.24. The van der Waals surface area contributed by atoms with Gasteiger partial charge in [0.15, 0.2) is 0 Å². The standard InChI is InChI=1S/C14H16N2O3S2/c1-2-3-5-9(14(18)19)15-12(17)10-8-21-13(16-10)11-6-4-7-20-11/h4,6-9H,2-3,5H2,1H3,(H,15,17)(H,18,19). The van der Waals surface area contributed by atoms with E-state index in [4.69, 9.17) is 5.11 Å². The van der Waals surface area contributed by atoms with Gasteiger partial charge >= 0.3 is 5.97 Å². The van der Waals surface area contributed by atoms with E-state index in [9.17, 15) is 9.59 Å². The number of carboxylic acids is 1. The number of rotatable bonds is 7. The topological polar surface area (TPSA) is 79.3 Å². The second kappa shape index (κ2) is 7.33. The van der Waals surface area contributed by atoms with Crippen LogP contribution in [0.25, 0.3) is 9.88 Å². The molecule has 1 atom stereocenters. The number of thiazole rings is 1. The summed E-state index contributed by atoms with van der Waals surface area (Å²) in [5, 5.41) is 16.0. The first-order chi connectivity index (χ1) is 10.1. The van der Waals surface area contributed by atoms with Gasteiger partial charge in [0.1, 0.15) is 16.7 Å². The molecule has 0 spiro atoms. The second-order valence-electron chi connectivity index (χ2n) is 4.52. The van der Waals surface area contributed by atoms with E-state index in [2.05, 4.69) is 10.3 Å². The molecule has 2 heterocycles. The van der Waals surface area contributed by atoms with Crippen molar-refractivity contribution in [1.82, 2.24) is 10.3 Å². The number of carbonyl (C=O) groups excluding carboxylic acids is 1. The van der Waals surface area contributed by atoms with Gasteiger partial charge in [0.25, 0.3) is 5.91 Å². The Morgan fingerprint density at radius 1 is 1.43 bits per heavy atom. The number of hydrogen-bond acceptors (Lipinski definition) is 5. The molecule has 0 radical (unpaired) electrons. The first-order valence-electron chi connectivity index (χ1n) is 6.65. The van der Waals surface area contributed by atoms with Gasteiger partial charge in [0.05, 0.1) is 4.88 Å². The van der Waals surface area contributed by atoms with Gasteiger partial charge in [-0.2, -0.15) is 0 Å². The lowest BCUT2D eigenvalue weighted by Crippen LogP contribution is -2.40. The Bertz CT molecular complexity index is 608. The number of nitrogens with one attached hydrogen (secondary N) is 1. The van der Waals surface area contributed by atoms with Crippen molar-refractivity contribution >= 4 is 34.6 Å². The van der Waals surface area contributed by atoms with Crippen molar-refractivity contribution in [3.8, 4) is 9.88 Å². The number of thiophene rings is 1. The summed E-state index contributed by atoms with van der Waals surface area (Å²) in [6.45, 7) is 1.98. The summed E-state index contributed by atoms with van der Waals surface area (Å²) < 4.78 is 0. The van der Waals surface area contributed by atoms with Crippen LogP contribution in [0.5, 0.6) is 0 Å². The van der Waals surface area contributed by atoms with E-state index in [-0.39, 0.29) is 5.69 Å². The molecule has 1 amide bonds. The maximum absolute atomic E-state index is 12.1. The minimum atomic E-state index is -1.01. The van der Waals surface area contributed by atoms with Gasteiger partial charge in [-0.1, -0.05) is 25.8 Å². The lowest BCUT2D eigenvalue weighted by Gasteiger charge is -2.12. The van der Waals surface area contributed by atoms with Gasteiger partial charge in [-0.25, -0.2) is 9.78 Å². The molecule has 2 aromatic heterocycles. The summed E-state index contributed by atoms with van der Waals surface area (Å²) in [4.78, 5) is 28.5. The van der Waals surface area contributed by atoms with E-state index in [1.165, 1.54) is 11.3 Å². The summed E-state index contributed by atoms with van der Waals surface area (Å²) in [6, 6.07) is 3.00. The van der Waals surface area contributed by atoms with Crippen LogP contribution < -0.4 is 5.32 Å². The molecule has 0 fully saturated rings. The Morgan fingerprint density at radius 3 is 2.86 bits per heavy atom. The number of aromatic nitrogens is 1. The van der Waals surface area contributed by atoms with Crippen molar-refractivity contribution in [1.29, 1.82) is 0 Å². The molecule has 0 saturated heterocycles. The highest BCUT2D eigenvalue weighted by Crippen LogP contribution is 2.27. The number of carboxylic acid groups (broad SMARTS) is 1. The van der Waals surface area contributed by atoms with E-state index in [1.807, 2.05) is 24.4 Å². The minimum absolute atomic E-state index is 0.270. The van der Waals surface area contributed by atoms with Crippen LogP contribution in [0.2, 0.25) is 0 Å². The maximum atomic E-state index is 12.1. The van der Waals surface area contributed by atoms with Crippen LogP contribution in [0.15, 0.2) is 22.9 Å². The van der Waals surface area contributed by atoms with Crippen molar-refractivity contribution in [2.24, 2.45) is 0 Å². The van der Waals surface area contributed by atoms with E-state index in [0.29, 0.717) is 6.42 Å². The summed E-state index contributed by atoms with van der Waals surface area (Å²) in [7, 11) is 0. The fourth-order valence-corrected chi connectivity index (χ4v) is 3.40. The first kappa shape index (κ1) is 15.7. The minimum Gasteiger partial charge on any atom is -0.480 e. The smallest absolute Gasteiger partial charge is 0.326 e. The van der Waals surface area contributed by atoms with Gasteiger partial charge in [0, 0.05) is 5.38 Å². The Balaban J connectivity index is 2.04. The molecule has 0 aromatic carbocycles. The number of unbranched alkanes of at least 4 members (excludes halogenated alkanes) is 1. The third kappa shape index (κ3) is 4.12. The van der Waals surface area contributed by atoms with Gasteiger partial charge in [-0.3, -0.25) is 4.79 Å². The van der Waals surface area contributed by atoms with Crippen molar-refractivity contribution in [2.45, 2.75) is 32.2 Å². The van der Waals surface area contributed by atoms with Gasteiger partial charge in [-0.15, -0.1) is 22.7 Å². The van der Waals surface area contributed by atoms with Crippen LogP contribution in [0.3, 0.4) is 0 Å². The van der Waals surface area contributed by atoms with Crippen LogP contribution >= 0.6 is 22.7 Å². The molecule has 0 aliphatic heterocycles. The molecule has 112 valence electrons. The lowest BCUT2D eigenvalue weighted by atomic mass is 10.1. The average molecular weight is 324 g/mol. The van der Waals surface area contributed by atoms with Gasteiger partial charge in [0.2, 0.25) is 0 Å². The van der Waals surface area contributed by atoms with E-state index < -0.39 is 17.9 Å². The number of hydrogen-bond donors (Lipinski definition) is 2. The maximum Gasteiger partial charge on any atom is 0.326 e. The van der Waals surface area contributed by atoms with Crippen LogP contribution in [0.4, 0.5) is 0 Å². The van der Waals surface area contributed by atoms with Gasteiger partial charge in [-0.05, 0) is 17.9 Å². The Labute approximate surface area is 130 Å². The zero-order valence-corrected chi connectivity index (χ0v) is 13.2. The number of aliphatic carboxylic acids is 1. The summed E-state index contributed by atoms with van der Waals surface area (Å²) in [6.07, 6.45) is 2.08. The number of carbonyl (C=O) groups is 2. The van der Waals surface area contributed by atoms with Crippen molar-refractivity contribution in [2.75, 3.05) is 0 Å². The molecule has 7 heteroatoms. The summed E-state index contributed by atoms with van der Waals surface area (Å²) >= 11 is 2.93. The number of nitrogens with zero attached hydrogens (tertiary/aromatic N) is 1. The van der Waals surface area contributed by atoms with Crippen molar-refractivity contribution in [3.05, 3.63) is 28.6 Å². The average Bonchev–Trinajstić information content (AvgIpc) is 3.12. The zero-order chi connectivity index (χ0) is 15.2. The summed E-state index contributed by atoms with van der Waals surface area (Å²) in [5.74, 6) is -1.44. The van der Waals surface area contributed by atoms with Crippen LogP contribution in [0.1, 0.15) is 36.7 Å². The Morgan fingerprint density at radius 2 is 2.24 bits per heavy atom. The fraction of sp³-hybridized carbons (Fsp3) is 0.357. The van der Waals surface area contributed by atoms with Crippen molar-refractivity contribution in [3.63, 3.8) is 0 Å². The van der Waals surface area contributed by atoms with E-state index in [1.54, 1.807) is 16.7 Å². The Hall–Kier alpha value is -1.73. The van der Waals surface area contributed by atoms with Crippen molar-refractivity contribution < 1.29 is 14.7 Å². The molecular formula is C14H16N2O3S2. The predicted molar refractivity (Wildman–Crippen MR) is 83.8 cm³/mol. The van der Waals surface area contributed by atoms with Crippen LogP contribution in [0, 0.1) is 0 Å². The molecule has 2 aromatic rings. The highest BCUT2D eigenvalue weighted by Gasteiger charge is 2.21. The van der Waals surface area contributed by atoms with Crippen LogP contribution in [-0.2, 0) is 4.79 Å². The molecule has 5 nitrogen and oxygen atoms in total. The number of amides is 1.